The lowest BCUT2D eigenvalue weighted by Crippen LogP contribution is -2.34. The van der Waals surface area contributed by atoms with E-state index in [-0.39, 0.29) is 19.6 Å². The molecule has 1 aromatic heterocycles. The molecule has 2 saturated heterocycles. The van der Waals surface area contributed by atoms with Gasteiger partial charge in [0.2, 0.25) is 0 Å². The van der Waals surface area contributed by atoms with E-state index in [1.165, 1.54) is 10.8 Å². The standard InChI is InChI=1S/C16H16IN2O7P/c17-11-7-19(16(21)18-15(11)20)14-6-12-13(25-14)9-24-27(22,26-12)23-8-10-4-2-1-3-5-10/h1-5,7,12-14H,6,8-9H2,(H,18,20,21)/t12-,13+,14+,27?/m0/s1. The molecule has 1 unspecified atom stereocenters. The van der Waals surface area contributed by atoms with Crippen LogP contribution in [0.1, 0.15) is 18.2 Å². The van der Waals surface area contributed by atoms with Crippen LogP contribution in [0.15, 0.2) is 46.1 Å². The lowest BCUT2D eigenvalue weighted by molar-refractivity contribution is -0.0730. The van der Waals surface area contributed by atoms with Crippen molar-refractivity contribution in [1.29, 1.82) is 0 Å². The fourth-order valence-electron chi connectivity index (χ4n) is 2.96. The van der Waals surface area contributed by atoms with Crippen molar-refractivity contribution in [3.8, 4) is 0 Å². The van der Waals surface area contributed by atoms with E-state index in [9.17, 15) is 14.2 Å². The van der Waals surface area contributed by atoms with Crippen molar-refractivity contribution in [3.05, 3.63) is 66.5 Å². The van der Waals surface area contributed by atoms with E-state index in [4.69, 9.17) is 18.3 Å². The molecule has 0 saturated carbocycles. The molecule has 3 heterocycles. The smallest absolute Gasteiger partial charge is 0.349 e. The largest absolute Gasteiger partial charge is 0.475 e. The van der Waals surface area contributed by atoms with Gasteiger partial charge in [-0.15, -0.1) is 0 Å². The summed E-state index contributed by atoms with van der Waals surface area (Å²) in [6.07, 6.45) is 0.0445. The van der Waals surface area contributed by atoms with Crippen LogP contribution in [0.25, 0.3) is 0 Å². The van der Waals surface area contributed by atoms with E-state index in [2.05, 4.69) is 4.98 Å². The summed E-state index contributed by atoms with van der Waals surface area (Å²) in [5, 5.41) is 0. The quantitative estimate of drug-likeness (QED) is 0.500. The van der Waals surface area contributed by atoms with Crippen molar-refractivity contribution >= 4 is 30.4 Å². The highest BCUT2D eigenvalue weighted by Gasteiger charge is 2.48. The molecule has 144 valence electrons. The van der Waals surface area contributed by atoms with Gasteiger partial charge in [0.1, 0.15) is 18.4 Å². The Morgan fingerprint density at radius 3 is 2.81 bits per heavy atom. The molecule has 0 spiro atoms. The predicted molar refractivity (Wildman–Crippen MR) is 102 cm³/mol. The molecule has 2 aromatic rings. The Balaban J connectivity index is 1.45. The Bertz CT molecular complexity index is 992. The van der Waals surface area contributed by atoms with Gasteiger partial charge in [-0.2, -0.15) is 0 Å². The number of H-pyrrole nitrogens is 1. The summed E-state index contributed by atoms with van der Waals surface area (Å²) in [5.41, 5.74) is -0.184. The van der Waals surface area contributed by atoms with Crippen LogP contribution in [0.5, 0.6) is 0 Å². The van der Waals surface area contributed by atoms with E-state index in [0.717, 1.165) is 5.56 Å². The van der Waals surface area contributed by atoms with Gasteiger partial charge in [0.25, 0.3) is 5.56 Å². The number of phosphoric acid groups is 1. The van der Waals surface area contributed by atoms with Gasteiger partial charge in [-0.3, -0.25) is 27.9 Å². The van der Waals surface area contributed by atoms with Gasteiger partial charge in [0.05, 0.1) is 16.8 Å². The molecule has 0 amide bonds. The van der Waals surface area contributed by atoms with Crippen LogP contribution in [-0.4, -0.2) is 28.4 Å². The second-order valence-electron chi connectivity index (χ2n) is 6.15. The fraction of sp³-hybridized carbons (Fsp3) is 0.375. The molecular weight excluding hydrogens is 490 g/mol. The maximum Gasteiger partial charge on any atom is 0.475 e. The third kappa shape index (κ3) is 4.10. The van der Waals surface area contributed by atoms with Crippen LogP contribution >= 0.6 is 30.4 Å². The molecule has 0 bridgehead atoms. The van der Waals surface area contributed by atoms with Crippen LogP contribution in [-0.2, 0) is 29.5 Å². The topological polar surface area (TPSA) is 109 Å². The van der Waals surface area contributed by atoms with Crippen LogP contribution < -0.4 is 11.2 Å². The molecule has 4 atom stereocenters. The maximum absolute atomic E-state index is 12.7. The molecule has 1 N–H and O–H groups in total. The summed E-state index contributed by atoms with van der Waals surface area (Å²) in [4.78, 5) is 25.8. The number of phosphoric ester groups is 1. The van der Waals surface area contributed by atoms with Crippen molar-refractivity contribution in [2.75, 3.05) is 6.61 Å². The van der Waals surface area contributed by atoms with Crippen LogP contribution in [0, 0.1) is 3.57 Å². The van der Waals surface area contributed by atoms with E-state index in [0.29, 0.717) is 3.57 Å². The van der Waals surface area contributed by atoms with Gasteiger partial charge >= 0.3 is 13.5 Å². The summed E-state index contributed by atoms with van der Waals surface area (Å²) >= 11 is 1.84. The summed E-state index contributed by atoms with van der Waals surface area (Å²) in [6, 6.07) is 9.27. The number of nitrogens with zero attached hydrogens (tertiary/aromatic N) is 1. The number of hydrogen-bond acceptors (Lipinski definition) is 7. The number of ether oxygens (including phenoxy) is 1. The number of halogens is 1. The predicted octanol–water partition coefficient (Wildman–Crippen LogP) is 2.17. The minimum absolute atomic E-state index is 0.0302. The van der Waals surface area contributed by atoms with Gasteiger partial charge in [-0.05, 0) is 28.2 Å². The lowest BCUT2D eigenvalue weighted by Gasteiger charge is -2.29. The maximum atomic E-state index is 12.7. The SMILES string of the molecule is O=c1[nH]c(=O)n([C@H]2C[C@@H]3OP(=O)(OCc4ccccc4)OC[C@H]3O2)cc1I. The summed E-state index contributed by atoms with van der Waals surface area (Å²) < 4.78 is 36.4. The van der Waals surface area contributed by atoms with Gasteiger partial charge in [0, 0.05) is 12.6 Å². The summed E-state index contributed by atoms with van der Waals surface area (Å²) in [5.74, 6) is 0. The van der Waals surface area contributed by atoms with E-state index >= 15 is 0 Å². The van der Waals surface area contributed by atoms with E-state index in [1.807, 2.05) is 52.9 Å². The molecule has 27 heavy (non-hydrogen) atoms. The zero-order chi connectivity index (χ0) is 19.0. The lowest BCUT2D eigenvalue weighted by atomic mass is 10.2. The molecule has 1 aromatic carbocycles. The number of hydrogen-bond donors (Lipinski definition) is 1. The Morgan fingerprint density at radius 2 is 2.04 bits per heavy atom. The first kappa shape index (κ1) is 19.0. The van der Waals surface area contributed by atoms with Gasteiger partial charge in [0.15, 0.2) is 0 Å². The van der Waals surface area contributed by atoms with Gasteiger partial charge in [-0.25, -0.2) is 9.36 Å². The highest BCUT2D eigenvalue weighted by molar-refractivity contribution is 14.1. The van der Waals surface area contributed by atoms with Crippen molar-refractivity contribution in [2.24, 2.45) is 0 Å². The minimum atomic E-state index is -3.72. The number of benzene rings is 1. The van der Waals surface area contributed by atoms with Crippen LogP contribution in [0.2, 0.25) is 0 Å². The molecule has 11 heteroatoms. The van der Waals surface area contributed by atoms with Gasteiger partial charge < -0.3 is 4.74 Å². The molecular formula is C16H16IN2O7P. The summed E-state index contributed by atoms with van der Waals surface area (Å²) in [7, 11) is -3.72. The van der Waals surface area contributed by atoms with E-state index in [1.54, 1.807) is 0 Å². The molecule has 0 aliphatic carbocycles. The first-order valence-electron chi connectivity index (χ1n) is 8.21. The molecule has 2 aliphatic rings. The van der Waals surface area contributed by atoms with Crippen molar-refractivity contribution < 1.29 is 22.9 Å². The first-order chi connectivity index (χ1) is 12.9. The zero-order valence-corrected chi connectivity index (χ0v) is 17.0. The monoisotopic (exact) mass is 506 g/mol. The zero-order valence-electron chi connectivity index (χ0n) is 13.9. The normalized spacial score (nSPS) is 30.2. The molecule has 4 rings (SSSR count). The van der Waals surface area contributed by atoms with Crippen molar-refractivity contribution in [1.82, 2.24) is 9.55 Å². The number of aromatic amines is 1. The Labute approximate surface area is 167 Å². The van der Waals surface area contributed by atoms with Crippen molar-refractivity contribution in [3.63, 3.8) is 0 Å². The Kier molecular flexibility index (Phi) is 5.36. The van der Waals surface area contributed by atoms with E-state index < -0.39 is 37.5 Å². The second-order valence-corrected chi connectivity index (χ2v) is 8.94. The fourth-order valence-corrected chi connectivity index (χ4v) is 4.78. The third-order valence-corrected chi connectivity index (χ3v) is 6.52. The average molecular weight is 506 g/mol. The number of fused-ring (bicyclic) bond motifs is 1. The van der Waals surface area contributed by atoms with Crippen LogP contribution in [0.4, 0.5) is 0 Å². The number of nitrogens with one attached hydrogen (secondary N) is 1. The van der Waals surface area contributed by atoms with Gasteiger partial charge in [-0.1, -0.05) is 30.3 Å². The minimum Gasteiger partial charge on any atom is -0.349 e. The number of rotatable bonds is 4. The molecule has 9 nitrogen and oxygen atoms in total. The third-order valence-electron chi connectivity index (χ3n) is 4.31. The average Bonchev–Trinajstić information content (AvgIpc) is 3.06. The molecule has 2 aliphatic heterocycles. The first-order valence-corrected chi connectivity index (χ1v) is 10.8. The number of aromatic nitrogens is 2. The highest BCUT2D eigenvalue weighted by Crippen LogP contribution is 2.57. The van der Waals surface area contributed by atoms with Crippen LogP contribution in [0.3, 0.4) is 0 Å². The second kappa shape index (κ2) is 7.61. The Morgan fingerprint density at radius 1 is 1.26 bits per heavy atom. The summed E-state index contributed by atoms with van der Waals surface area (Å²) in [6.45, 7) is 0.125. The molecule has 2 fully saturated rings. The molecule has 0 radical (unpaired) electrons. The van der Waals surface area contributed by atoms with Crippen molar-refractivity contribution in [2.45, 2.75) is 31.5 Å². The highest BCUT2D eigenvalue weighted by atomic mass is 127. The Hall–Kier alpha value is -1.30.